The van der Waals surface area contributed by atoms with Crippen LogP contribution in [0.15, 0.2) is 18.2 Å². The summed E-state index contributed by atoms with van der Waals surface area (Å²) < 4.78 is 0. The van der Waals surface area contributed by atoms with Crippen LogP contribution in [0.2, 0.25) is 5.02 Å². The molecule has 1 aromatic carbocycles. The second-order valence-electron chi connectivity index (χ2n) is 4.11. The molecule has 0 saturated heterocycles. The molecule has 104 valence electrons. The number of nitrogens with one attached hydrogen (secondary N) is 1. The van der Waals surface area contributed by atoms with Gasteiger partial charge in [0.05, 0.1) is 4.92 Å². The number of amides is 1. The largest absolute Gasteiger partial charge is 0.348 e. The molecule has 0 saturated carbocycles. The molecule has 7 heteroatoms. The highest BCUT2D eigenvalue weighted by Crippen LogP contribution is 2.23. The van der Waals surface area contributed by atoms with Crippen molar-refractivity contribution >= 4 is 23.2 Å². The SMILES string of the molecule is CCCC(CN)NC(=O)c1ccc(Cl)cc1[N+](=O)[O-]. The van der Waals surface area contributed by atoms with E-state index >= 15 is 0 Å². The van der Waals surface area contributed by atoms with Crippen LogP contribution >= 0.6 is 11.6 Å². The average Bonchev–Trinajstić information content (AvgIpc) is 2.37. The summed E-state index contributed by atoms with van der Waals surface area (Å²) in [7, 11) is 0. The number of halogens is 1. The molecular weight excluding hydrogens is 270 g/mol. The number of hydrogen-bond acceptors (Lipinski definition) is 4. The minimum Gasteiger partial charge on any atom is -0.348 e. The highest BCUT2D eigenvalue weighted by Gasteiger charge is 2.22. The highest BCUT2D eigenvalue weighted by atomic mass is 35.5. The molecule has 6 nitrogen and oxygen atoms in total. The number of carbonyl (C=O) groups is 1. The van der Waals surface area contributed by atoms with Crippen LogP contribution in [-0.4, -0.2) is 23.4 Å². The van der Waals surface area contributed by atoms with Crippen LogP contribution in [0.1, 0.15) is 30.1 Å². The fourth-order valence-electron chi connectivity index (χ4n) is 1.71. The minimum absolute atomic E-state index is 0.0102. The van der Waals surface area contributed by atoms with Crippen molar-refractivity contribution in [3.8, 4) is 0 Å². The summed E-state index contributed by atoms with van der Waals surface area (Å²) in [4.78, 5) is 22.3. The molecule has 19 heavy (non-hydrogen) atoms. The Kier molecular flexibility index (Phi) is 5.72. The van der Waals surface area contributed by atoms with Crippen molar-refractivity contribution in [2.75, 3.05) is 6.54 Å². The number of hydrogen-bond donors (Lipinski definition) is 2. The van der Waals surface area contributed by atoms with Gasteiger partial charge in [-0.1, -0.05) is 24.9 Å². The van der Waals surface area contributed by atoms with Crippen LogP contribution in [0.25, 0.3) is 0 Å². The van der Waals surface area contributed by atoms with Gasteiger partial charge in [-0.3, -0.25) is 14.9 Å². The predicted octanol–water partition coefficient (Wildman–Crippen LogP) is 2.11. The van der Waals surface area contributed by atoms with Gasteiger partial charge >= 0.3 is 0 Å². The molecule has 0 spiro atoms. The lowest BCUT2D eigenvalue weighted by atomic mass is 10.1. The van der Waals surface area contributed by atoms with E-state index in [1.54, 1.807) is 0 Å². The first-order valence-electron chi connectivity index (χ1n) is 5.94. The van der Waals surface area contributed by atoms with E-state index in [2.05, 4.69) is 5.32 Å². The van der Waals surface area contributed by atoms with Gasteiger partial charge in [-0.25, -0.2) is 0 Å². The van der Waals surface area contributed by atoms with E-state index in [1.165, 1.54) is 12.1 Å². The quantitative estimate of drug-likeness (QED) is 0.617. The van der Waals surface area contributed by atoms with Crippen LogP contribution in [0.5, 0.6) is 0 Å². The molecule has 0 heterocycles. The van der Waals surface area contributed by atoms with Gasteiger partial charge < -0.3 is 11.1 Å². The van der Waals surface area contributed by atoms with E-state index in [0.29, 0.717) is 6.54 Å². The molecular formula is C12H16ClN3O3. The summed E-state index contributed by atoms with van der Waals surface area (Å²) in [5.41, 5.74) is 5.22. The third-order valence-electron chi connectivity index (χ3n) is 2.66. The second-order valence-corrected chi connectivity index (χ2v) is 4.55. The zero-order valence-electron chi connectivity index (χ0n) is 10.6. The Hall–Kier alpha value is -1.66. The molecule has 0 radical (unpaired) electrons. The number of benzene rings is 1. The smallest absolute Gasteiger partial charge is 0.283 e. The molecule has 3 N–H and O–H groups in total. The van der Waals surface area contributed by atoms with Crippen LogP contribution < -0.4 is 11.1 Å². The fourth-order valence-corrected chi connectivity index (χ4v) is 1.87. The summed E-state index contributed by atoms with van der Waals surface area (Å²) in [6, 6.07) is 3.76. The van der Waals surface area contributed by atoms with Crippen molar-refractivity contribution in [3.63, 3.8) is 0 Å². The van der Waals surface area contributed by atoms with Crippen molar-refractivity contribution in [1.29, 1.82) is 0 Å². The molecule has 0 bridgehead atoms. The second kappa shape index (κ2) is 7.06. The van der Waals surface area contributed by atoms with Gasteiger partial charge in [0.2, 0.25) is 0 Å². The summed E-state index contributed by atoms with van der Waals surface area (Å²) in [6.07, 6.45) is 1.59. The molecule has 0 aromatic heterocycles. The number of carbonyl (C=O) groups excluding carboxylic acids is 1. The minimum atomic E-state index is -0.627. The number of nitro groups is 1. The monoisotopic (exact) mass is 285 g/mol. The number of rotatable bonds is 6. The predicted molar refractivity (Wildman–Crippen MR) is 73.3 cm³/mol. The number of nitrogens with two attached hydrogens (primary N) is 1. The molecule has 0 aliphatic heterocycles. The normalized spacial score (nSPS) is 11.9. The van der Waals surface area contributed by atoms with Gasteiger partial charge in [0.15, 0.2) is 0 Å². The maximum absolute atomic E-state index is 12.0. The van der Waals surface area contributed by atoms with E-state index in [0.717, 1.165) is 18.9 Å². The van der Waals surface area contributed by atoms with E-state index in [1.807, 2.05) is 6.92 Å². The molecule has 1 aromatic rings. The maximum Gasteiger partial charge on any atom is 0.283 e. The molecule has 1 unspecified atom stereocenters. The zero-order valence-corrected chi connectivity index (χ0v) is 11.3. The Labute approximate surface area is 116 Å². The van der Waals surface area contributed by atoms with E-state index in [9.17, 15) is 14.9 Å². The Morgan fingerprint density at radius 2 is 2.26 bits per heavy atom. The summed E-state index contributed by atoms with van der Waals surface area (Å²) >= 11 is 5.69. The Bertz CT molecular complexity index is 479. The van der Waals surface area contributed by atoms with Gasteiger partial charge in [0, 0.05) is 23.7 Å². The van der Waals surface area contributed by atoms with Crippen molar-refractivity contribution in [1.82, 2.24) is 5.32 Å². The first-order valence-corrected chi connectivity index (χ1v) is 6.32. The highest BCUT2D eigenvalue weighted by molar-refractivity contribution is 6.31. The van der Waals surface area contributed by atoms with Crippen LogP contribution in [0.4, 0.5) is 5.69 Å². The van der Waals surface area contributed by atoms with Crippen molar-refractivity contribution in [2.24, 2.45) is 5.73 Å². The lowest BCUT2D eigenvalue weighted by Crippen LogP contribution is -2.40. The molecule has 0 fully saturated rings. The average molecular weight is 286 g/mol. The lowest BCUT2D eigenvalue weighted by molar-refractivity contribution is -0.385. The maximum atomic E-state index is 12.0. The molecule has 1 atom stereocenters. The lowest BCUT2D eigenvalue weighted by Gasteiger charge is -2.15. The summed E-state index contributed by atoms with van der Waals surface area (Å²) in [5.74, 6) is -0.507. The van der Waals surface area contributed by atoms with Crippen molar-refractivity contribution in [2.45, 2.75) is 25.8 Å². The standard InChI is InChI=1S/C12H16ClN3O3/c1-2-3-9(7-14)15-12(17)10-5-4-8(13)6-11(10)16(18)19/h4-6,9H,2-3,7,14H2,1H3,(H,15,17). The first-order chi connectivity index (χ1) is 8.99. The van der Waals surface area contributed by atoms with Gasteiger partial charge in [0.25, 0.3) is 11.6 Å². The topological polar surface area (TPSA) is 98.3 Å². The Morgan fingerprint density at radius 1 is 1.58 bits per heavy atom. The summed E-state index contributed by atoms with van der Waals surface area (Å²) in [5, 5.41) is 13.8. The van der Waals surface area contributed by atoms with E-state index < -0.39 is 10.8 Å². The van der Waals surface area contributed by atoms with Crippen molar-refractivity contribution in [3.05, 3.63) is 38.9 Å². The number of nitro benzene ring substituents is 1. The zero-order chi connectivity index (χ0) is 14.4. The van der Waals surface area contributed by atoms with Crippen LogP contribution in [0, 0.1) is 10.1 Å². The van der Waals surface area contributed by atoms with Crippen LogP contribution in [-0.2, 0) is 0 Å². The van der Waals surface area contributed by atoms with E-state index in [4.69, 9.17) is 17.3 Å². The van der Waals surface area contributed by atoms with Gasteiger partial charge in [-0.15, -0.1) is 0 Å². The van der Waals surface area contributed by atoms with Crippen molar-refractivity contribution < 1.29 is 9.72 Å². The molecule has 1 amide bonds. The van der Waals surface area contributed by atoms with E-state index in [-0.39, 0.29) is 22.3 Å². The van der Waals surface area contributed by atoms with Gasteiger partial charge in [-0.05, 0) is 18.6 Å². The Morgan fingerprint density at radius 3 is 2.79 bits per heavy atom. The third kappa shape index (κ3) is 4.18. The molecule has 0 aliphatic carbocycles. The van der Waals surface area contributed by atoms with Gasteiger partial charge in [-0.2, -0.15) is 0 Å². The fraction of sp³-hybridized carbons (Fsp3) is 0.417. The summed E-state index contributed by atoms with van der Waals surface area (Å²) in [6.45, 7) is 2.26. The number of nitrogens with zero attached hydrogens (tertiary/aromatic N) is 1. The Balaban J connectivity index is 2.96. The third-order valence-corrected chi connectivity index (χ3v) is 2.89. The van der Waals surface area contributed by atoms with Gasteiger partial charge in [0.1, 0.15) is 5.56 Å². The molecule has 1 rings (SSSR count). The van der Waals surface area contributed by atoms with Crippen LogP contribution in [0.3, 0.4) is 0 Å². The first kappa shape index (κ1) is 15.4. The molecule has 0 aliphatic rings.